The predicted octanol–water partition coefficient (Wildman–Crippen LogP) is 3.97. The molecule has 3 heteroatoms. The van der Waals surface area contributed by atoms with Gasteiger partial charge in [0.05, 0.1) is 0 Å². The highest BCUT2D eigenvalue weighted by Gasteiger charge is 2.12. The summed E-state index contributed by atoms with van der Waals surface area (Å²) in [5, 5.41) is 0. The van der Waals surface area contributed by atoms with Crippen molar-refractivity contribution in [2.75, 3.05) is 12.3 Å². The second-order valence-corrected chi connectivity index (χ2v) is 6.06. The van der Waals surface area contributed by atoms with Crippen LogP contribution in [-0.2, 0) is 6.42 Å². The number of nitrogens with zero attached hydrogens (tertiary/aromatic N) is 1. The van der Waals surface area contributed by atoms with Crippen molar-refractivity contribution in [2.24, 2.45) is 4.99 Å². The molecule has 84 valence electrons. The van der Waals surface area contributed by atoms with Crippen molar-refractivity contribution in [3.63, 3.8) is 0 Å². The summed E-state index contributed by atoms with van der Waals surface area (Å²) < 4.78 is 1.19. The van der Waals surface area contributed by atoms with Gasteiger partial charge in [-0.2, -0.15) is 0 Å². The molecular weight excluding hydrogens is 234 g/mol. The van der Waals surface area contributed by atoms with Crippen LogP contribution in [0.3, 0.4) is 0 Å². The van der Waals surface area contributed by atoms with Crippen molar-refractivity contribution in [2.45, 2.75) is 12.8 Å². The maximum atomic E-state index is 4.57. The molecule has 1 aliphatic rings. The Morgan fingerprint density at radius 1 is 1.25 bits per heavy atom. The molecule has 1 fully saturated rings. The third-order valence-electron chi connectivity index (χ3n) is 2.30. The van der Waals surface area contributed by atoms with Gasteiger partial charge in [0, 0.05) is 12.3 Å². The first-order valence-electron chi connectivity index (χ1n) is 5.41. The van der Waals surface area contributed by atoms with Crippen molar-refractivity contribution in [1.82, 2.24) is 0 Å². The predicted molar refractivity (Wildman–Crippen MR) is 76.3 cm³/mol. The van der Waals surface area contributed by atoms with Crippen LogP contribution < -0.4 is 0 Å². The Morgan fingerprint density at radius 2 is 2.06 bits per heavy atom. The van der Waals surface area contributed by atoms with Crippen LogP contribution in [0.1, 0.15) is 12.0 Å². The quantitative estimate of drug-likeness (QED) is 0.749. The van der Waals surface area contributed by atoms with E-state index < -0.39 is 0 Å². The maximum Gasteiger partial charge on any atom is 0.129 e. The molecule has 1 nitrogen and oxygen atoms in total. The van der Waals surface area contributed by atoms with Crippen molar-refractivity contribution in [1.29, 1.82) is 0 Å². The van der Waals surface area contributed by atoms with Gasteiger partial charge in [-0.3, -0.25) is 4.99 Å². The molecule has 1 heterocycles. The lowest BCUT2D eigenvalue weighted by Crippen LogP contribution is -1.89. The van der Waals surface area contributed by atoms with Gasteiger partial charge >= 0.3 is 0 Å². The van der Waals surface area contributed by atoms with Gasteiger partial charge in [-0.1, -0.05) is 60.4 Å². The van der Waals surface area contributed by atoms with E-state index in [1.807, 2.05) is 11.8 Å². The second kappa shape index (κ2) is 6.16. The van der Waals surface area contributed by atoms with Gasteiger partial charge < -0.3 is 0 Å². The number of hydrogen-bond donors (Lipinski definition) is 0. The van der Waals surface area contributed by atoms with Crippen molar-refractivity contribution in [3.8, 4) is 0 Å². The van der Waals surface area contributed by atoms with E-state index >= 15 is 0 Å². The summed E-state index contributed by atoms with van der Waals surface area (Å²) >= 11 is 3.54. The summed E-state index contributed by atoms with van der Waals surface area (Å²) in [6, 6.07) is 10.6. The standard InChI is InChI=1S/C13H15NS2/c1-11-10-15-13(16-11)14-9-5-8-12-6-3-2-4-7-12/h2-4,6-7H,1,5,8-10H2. The average Bonchev–Trinajstić information content (AvgIpc) is 2.72. The number of benzene rings is 1. The molecule has 16 heavy (non-hydrogen) atoms. The van der Waals surface area contributed by atoms with E-state index in [0.29, 0.717) is 0 Å². The number of aryl methyl sites for hydroxylation is 1. The summed E-state index contributed by atoms with van der Waals surface area (Å²) in [5.74, 6) is 1.03. The molecule has 1 aromatic rings. The van der Waals surface area contributed by atoms with Crippen LogP contribution in [-0.4, -0.2) is 16.7 Å². The third kappa shape index (κ3) is 3.72. The fraction of sp³-hybridized carbons (Fsp3) is 0.308. The van der Waals surface area contributed by atoms with E-state index in [1.54, 1.807) is 11.8 Å². The minimum Gasteiger partial charge on any atom is -0.271 e. The highest BCUT2D eigenvalue weighted by molar-refractivity contribution is 8.43. The van der Waals surface area contributed by atoms with Crippen molar-refractivity contribution < 1.29 is 0 Å². The zero-order valence-corrected chi connectivity index (χ0v) is 10.8. The number of aliphatic imine (C=N–C) groups is 1. The SMILES string of the molecule is C=C1CSC(=NCCCc2ccccc2)S1. The Bertz CT molecular complexity index is 384. The van der Waals surface area contributed by atoms with Gasteiger partial charge in [0.1, 0.15) is 4.38 Å². The largest absolute Gasteiger partial charge is 0.271 e. The molecular formula is C13H15NS2. The summed E-state index contributed by atoms with van der Waals surface area (Å²) in [7, 11) is 0. The molecule has 0 atom stereocenters. The normalized spacial score (nSPS) is 18.2. The fourth-order valence-corrected chi connectivity index (χ4v) is 3.55. The Hall–Kier alpha value is -0.670. The summed E-state index contributed by atoms with van der Waals surface area (Å²) in [6.45, 7) is 4.87. The molecule has 0 saturated carbocycles. The lowest BCUT2D eigenvalue weighted by atomic mass is 10.1. The topological polar surface area (TPSA) is 12.4 Å². The summed E-state index contributed by atoms with van der Waals surface area (Å²) in [6.07, 6.45) is 2.25. The minimum absolute atomic E-state index is 0.928. The van der Waals surface area contributed by atoms with Crippen LogP contribution in [0.25, 0.3) is 0 Å². The van der Waals surface area contributed by atoms with Gasteiger partial charge in [0.2, 0.25) is 0 Å². The first kappa shape index (κ1) is 11.8. The average molecular weight is 249 g/mol. The zero-order valence-electron chi connectivity index (χ0n) is 9.19. The van der Waals surface area contributed by atoms with Gasteiger partial charge in [-0.15, -0.1) is 0 Å². The van der Waals surface area contributed by atoms with Crippen LogP contribution >= 0.6 is 23.5 Å². The van der Waals surface area contributed by atoms with Gasteiger partial charge in [0.25, 0.3) is 0 Å². The van der Waals surface area contributed by atoms with Crippen LogP contribution in [0.2, 0.25) is 0 Å². The third-order valence-corrected chi connectivity index (χ3v) is 4.69. The Morgan fingerprint density at radius 3 is 2.75 bits per heavy atom. The first-order chi connectivity index (χ1) is 7.84. The van der Waals surface area contributed by atoms with Gasteiger partial charge in [-0.25, -0.2) is 0 Å². The molecule has 0 unspecified atom stereocenters. The fourth-order valence-electron chi connectivity index (χ4n) is 1.50. The molecule has 0 N–H and O–H groups in total. The minimum atomic E-state index is 0.928. The van der Waals surface area contributed by atoms with E-state index in [4.69, 9.17) is 0 Å². The van der Waals surface area contributed by atoms with Crippen LogP contribution in [0.4, 0.5) is 0 Å². The lowest BCUT2D eigenvalue weighted by molar-refractivity contribution is 0.837. The molecule has 1 aromatic carbocycles. The van der Waals surface area contributed by atoms with Crippen molar-refractivity contribution >= 4 is 27.9 Å². The van der Waals surface area contributed by atoms with E-state index in [1.165, 1.54) is 14.8 Å². The first-order valence-corrected chi connectivity index (χ1v) is 7.21. The highest BCUT2D eigenvalue weighted by Crippen LogP contribution is 2.34. The van der Waals surface area contributed by atoms with Crippen molar-refractivity contribution in [3.05, 3.63) is 47.4 Å². The Labute approximate surface area is 105 Å². The van der Waals surface area contributed by atoms with E-state index in [9.17, 15) is 0 Å². The number of thioether (sulfide) groups is 2. The number of rotatable bonds is 4. The van der Waals surface area contributed by atoms with Gasteiger partial charge in [-0.05, 0) is 23.3 Å². The molecule has 0 amide bonds. The molecule has 1 saturated heterocycles. The molecule has 0 aliphatic carbocycles. The van der Waals surface area contributed by atoms with Crippen LogP contribution in [0.5, 0.6) is 0 Å². The smallest absolute Gasteiger partial charge is 0.129 e. The molecule has 0 bridgehead atoms. The number of hydrogen-bond acceptors (Lipinski definition) is 3. The molecule has 0 aromatic heterocycles. The maximum absolute atomic E-state index is 4.57. The van der Waals surface area contributed by atoms with Crippen LogP contribution in [0.15, 0.2) is 46.8 Å². The summed E-state index contributed by atoms with van der Waals surface area (Å²) in [4.78, 5) is 5.80. The monoisotopic (exact) mass is 249 g/mol. The van der Waals surface area contributed by atoms with E-state index in [2.05, 4.69) is 41.9 Å². The lowest BCUT2D eigenvalue weighted by Gasteiger charge is -1.99. The molecule has 0 spiro atoms. The molecule has 2 rings (SSSR count). The van der Waals surface area contributed by atoms with E-state index in [0.717, 1.165) is 25.1 Å². The Kier molecular flexibility index (Phi) is 4.55. The molecule has 1 aliphatic heterocycles. The van der Waals surface area contributed by atoms with E-state index in [-0.39, 0.29) is 0 Å². The summed E-state index contributed by atoms with van der Waals surface area (Å²) in [5.41, 5.74) is 1.40. The Balaban J connectivity index is 1.71. The second-order valence-electron chi connectivity index (χ2n) is 3.67. The highest BCUT2D eigenvalue weighted by atomic mass is 32.2. The van der Waals surface area contributed by atoms with Gasteiger partial charge in [0.15, 0.2) is 0 Å². The molecule has 0 radical (unpaired) electrons. The van der Waals surface area contributed by atoms with Crippen LogP contribution in [0, 0.1) is 0 Å². The zero-order chi connectivity index (χ0) is 11.2.